The fraction of sp³-hybridized carbons (Fsp3) is 0.292. The average Bonchev–Trinajstić information content (AvgIpc) is 3.56. The predicted octanol–water partition coefficient (Wildman–Crippen LogP) is 3.90. The highest BCUT2D eigenvalue weighted by atomic mass is 16.5. The number of ether oxygens (including phenoxy) is 1. The Kier molecular flexibility index (Phi) is 5.44. The highest BCUT2D eigenvalue weighted by molar-refractivity contribution is 5.38. The number of nitrogens with zero attached hydrogens (tertiary/aromatic N) is 3. The third-order valence-corrected chi connectivity index (χ3v) is 5.03. The minimum absolute atomic E-state index is 0.0815. The Morgan fingerprint density at radius 3 is 2.66 bits per heavy atom. The molecule has 0 spiro atoms. The molecule has 0 bridgehead atoms. The first-order valence-electron chi connectivity index (χ1n) is 9.84. The lowest BCUT2D eigenvalue weighted by Gasteiger charge is -2.19. The topological polar surface area (TPSA) is 57.0 Å². The summed E-state index contributed by atoms with van der Waals surface area (Å²) in [6.07, 6.45) is 4.06. The third kappa shape index (κ3) is 4.72. The zero-order valence-electron chi connectivity index (χ0n) is 16.6. The lowest BCUT2D eigenvalue weighted by molar-refractivity contribution is 0.298. The van der Waals surface area contributed by atoms with Crippen LogP contribution in [0.5, 0.6) is 5.75 Å². The van der Waals surface area contributed by atoms with Gasteiger partial charge in [0.25, 0.3) is 5.56 Å². The molecule has 5 heteroatoms. The van der Waals surface area contributed by atoms with Gasteiger partial charge >= 0.3 is 0 Å². The van der Waals surface area contributed by atoms with Gasteiger partial charge in [-0.25, -0.2) is 0 Å². The van der Waals surface area contributed by atoms with Gasteiger partial charge < -0.3 is 9.30 Å². The van der Waals surface area contributed by atoms with Gasteiger partial charge in [-0.2, -0.15) is 10.2 Å². The van der Waals surface area contributed by atoms with Crippen molar-refractivity contribution in [2.24, 2.45) is 5.92 Å². The quantitative estimate of drug-likeness (QED) is 0.625. The molecule has 3 aromatic rings. The summed E-state index contributed by atoms with van der Waals surface area (Å²) in [5.41, 5.74) is 3.55. The number of aryl methyl sites for hydroxylation is 1. The highest BCUT2D eigenvalue weighted by Gasteiger charge is 2.18. The van der Waals surface area contributed by atoms with Crippen LogP contribution < -0.4 is 10.3 Å². The Morgan fingerprint density at radius 2 is 2.00 bits per heavy atom. The summed E-state index contributed by atoms with van der Waals surface area (Å²) in [7, 11) is 0. The van der Waals surface area contributed by atoms with Crippen molar-refractivity contribution in [3.8, 4) is 17.6 Å². The molecule has 0 amide bonds. The summed E-state index contributed by atoms with van der Waals surface area (Å²) in [5.74, 6) is 7.62. The molecule has 146 valence electrons. The first kappa shape index (κ1) is 18.9. The van der Waals surface area contributed by atoms with Crippen LogP contribution >= 0.6 is 0 Å². The van der Waals surface area contributed by atoms with Gasteiger partial charge in [0.05, 0.1) is 6.04 Å². The van der Waals surface area contributed by atoms with E-state index in [-0.39, 0.29) is 18.2 Å². The molecule has 0 N–H and O–H groups in total. The van der Waals surface area contributed by atoms with Crippen molar-refractivity contribution >= 4 is 0 Å². The van der Waals surface area contributed by atoms with Crippen LogP contribution in [-0.2, 0) is 6.61 Å². The first-order valence-corrected chi connectivity index (χ1v) is 9.84. The zero-order chi connectivity index (χ0) is 20.2. The summed E-state index contributed by atoms with van der Waals surface area (Å²) < 4.78 is 7.51. The van der Waals surface area contributed by atoms with E-state index < -0.39 is 0 Å². The van der Waals surface area contributed by atoms with Crippen molar-refractivity contribution in [1.82, 2.24) is 14.8 Å². The molecular formula is C24H23N3O2. The molecule has 1 aliphatic rings. The van der Waals surface area contributed by atoms with Crippen LogP contribution in [0.15, 0.2) is 59.5 Å². The van der Waals surface area contributed by atoms with Crippen LogP contribution in [0.1, 0.15) is 48.3 Å². The maximum atomic E-state index is 12.8. The van der Waals surface area contributed by atoms with Crippen LogP contribution in [0, 0.1) is 24.7 Å². The molecule has 29 heavy (non-hydrogen) atoms. The Labute approximate surface area is 170 Å². The minimum atomic E-state index is -0.0933. The maximum absolute atomic E-state index is 12.8. The van der Waals surface area contributed by atoms with Crippen molar-refractivity contribution in [2.75, 3.05) is 0 Å². The molecule has 1 atom stereocenters. The van der Waals surface area contributed by atoms with Gasteiger partial charge in [0, 0.05) is 29.4 Å². The van der Waals surface area contributed by atoms with Gasteiger partial charge in [0.1, 0.15) is 18.1 Å². The number of aromatic nitrogens is 3. The van der Waals surface area contributed by atoms with E-state index in [0.717, 1.165) is 16.8 Å². The summed E-state index contributed by atoms with van der Waals surface area (Å²) in [6.45, 7) is 4.22. The number of pyridine rings is 1. The van der Waals surface area contributed by atoms with Crippen molar-refractivity contribution in [3.63, 3.8) is 0 Å². The standard InChI is InChI=1S/C24H23N3O2/c1-17-14-23(29-16-22-4-3-13-25-26-22)15-24(28)27(17)18(2)21-11-9-20(10-12-21)8-7-19-5-6-19/h3-4,9-15,18-19H,5-6,16H2,1-2H3/t18-/m1/s1. The van der Waals surface area contributed by atoms with E-state index in [0.29, 0.717) is 17.4 Å². The molecule has 2 aromatic heterocycles. The Bertz CT molecular complexity index is 1100. The summed E-state index contributed by atoms with van der Waals surface area (Å²) in [6, 6.07) is 15.1. The van der Waals surface area contributed by atoms with Gasteiger partial charge in [-0.1, -0.05) is 24.0 Å². The van der Waals surface area contributed by atoms with Gasteiger partial charge in [0.15, 0.2) is 0 Å². The van der Waals surface area contributed by atoms with Crippen LogP contribution in [0.2, 0.25) is 0 Å². The number of benzene rings is 1. The molecule has 1 aromatic carbocycles. The van der Waals surface area contributed by atoms with Gasteiger partial charge in [-0.05, 0) is 62.6 Å². The second-order valence-electron chi connectivity index (χ2n) is 7.39. The summed E-state index contributed by atoms with van der Waals surface area (Å²) >= 11 is 0. The second-order valence-corrected chi connectivity index (χ2v) is 7.39. The molecule has 1 aliphatic carbocycles. The average molecular weight is 385 g/mol. The first-order chi connectivity index (χ1) is 14.1. The molecule has 2 heterocycles. The SMILES string of the molecule is Cc1cc(OCc2cccnn2)cc(=O)n1[C@H](C)c1ccc(C#CC2CC2)cc1. The number of hydrogen-bond donors (Lipinski definition) is 0. The summed E-state index contributed by atoms with van der Waals surface area (Å²) in [4.78, 5) is 12.8. The van der Waals surface area contributed by atoms with Crippen molar-refractivity contribution in [3.05, 3.63) is 87.6 Å². The summed E-state index contributed by atoms with van der Waals surface area (Å²) in [5, 5.41) is 7.82. The molecular weight excluding hydrogens is 362 g/mol. The largest absolute Gasteiger partial charge is 0.487 e. The molecule has 0 saturated heterocycles. The lowest BCUT2D eigenvalue weighted by Crippen LogP contribution is -2.25. The second kappa shape index (κ2) is 8.32. The van der Waals surface area contributed by atoms with Crippen LogP contribution in [0.25, 0.3) is 0 Å². The van der Waals surface area contributed by atoms with E-state index in [1.54, 1.807) is 16.8 Å². The molecule has 1 fully saturated rings. The number of hydrogen-bond acceptors (Lipinski definition) is 4. The van der Waals surface area contributed by atoms with Crippen molar-refractivity contribution < 1.29 is 4.74 Å². The van der Waals surface area contributed by atoms with Gasteiger partial charge in [0.2, 0.25) is 0 Å². The highest BCUT2D eigenvalue weighted by Crippen LogP contribution is 2.27. The van der Waals surface area contributed by atoms with Crippen LogP contribution in [0.3, 0.4) is 0 Å². The molecule has 0 radical (unpaired) electrons. The maximum Gasteiger partial charge on any atom is 0.254 e. The van der Waals surface area contributed by atoms with Crippen LogP contribution in [-0.4, -0.2) is 14.8 Å². The lowest BCUT2D eigenvalue weighted by atomic mass is 10.1. The van der Waals surface area contributed by atoms with E-state index >= 15 is 0 Å². The fourth-order valence-corrected chi connectivity index (χ4v) is 3.24. The Hall–Kier alpha value is -3.39. The van der Waals surface area contributed by atoms with E-state index in [2.05, 4.69) is 22.0 Å². The van der Waals surface area contributed by atoms with E-state index in [1.807, 2.05) is 50.2 Å². The van der Waals surface area contributed by atoms with Crippen LogP contribution in [0.4, 0.5) is 0 Å². The fourth-order valence-electron chi connectivity index (χ4n) is 3.24. The smallest absolute Gasteiger partial charge is 0.254 e. The molecule has 0 unspecified atom stereocenters. The Morgan fingerprint density at radius 1 is 1.21 bits per heavy atom. The monoisotopic (exact) mass is 385 g/mol. The van der Waals surface area contributed by atoms with Crippen molar-refractivity contribution in [2.45, 2.75) is 39.3 Å². The van der Waals surface area contributed by atoms with Crippen molar-refractivity contribution in [1.29, 1.82) is 0 Å². The van der Waals surface area contributed by atoms with E-state index in [9.17, 15) is 4.79 Å². The van der Waals surface area contributed by atoms with E-state index in [1.165, 1.54) is 18.9 Å². The van der Waals surface area contributed by atoms with E-state index in [4.69, 9.17) is 4.74 Å². The van der Waals surface area contributed by atoms with Gasteiger partial charge in [-0.15, -0.1) is 0 Å². The zero-order valence-corrected chi connectivity index (χ0v) is 16.6. The minimum Gasteiger partial charge on any atom is -0.487 e. The normalized spacial score (nSPS) is 14.0. The molecule has 4 rings (SSSR count). The third-order valence-electron chi connectivity index (χ3n) is 5.03. The number of rotatable bonds is 5. The Balaban J connectivity index is 1.50. The molecule has 1 saturated carbocycles. The predicted molar refractivity (Wildman–Crippen MR) is 112 cm³/mol. The van der Waals surface area contributed by atoms with Gasteiger partial charge in [-0.3, -0.25) is 4.79 Å². The molecule has 5 nitrogen and oxygen atoms in total. The molecule has 0 aliphatic heterocycles.